The van der Waals surface area contributed by atoms with E-state index in [0.29, 0.717) is 41.5 Å². The molecule has 1 heterocycles. The fraction of sp³-hybridized carbons (Fsp3) is 0.429. The quantitative estimate of drug-likeness (QED) is 0.484. The number of rotatable bonds is 5. The summed E-state index contributed by atoms with van der Waals surface area (Å²) in [5.74, 6) is 1.19. The number of thiocarbonyl (C=S) groups is 1. The van der Waals surface area contributed by atoms with E-state index in [1.54, 1.807) is 19.4 Å². The second kappa shape index (κ2) is 8.17. The van der Waals surface area contributed by atoms with Crippen molar-refractivity contribution in [1.29, 1.82) is 0 Å². The lowest BCUT2D eigenvalue weighted by molar-refractivity contribution is 0.171. The largest absolute Gasteiger partial charge is 0.486 e. The highest BCUT2D eigenvalue weighted by Gasteiger charge is 2.16. The Kier molecular flexibility index (Phi) is 6.23. The number of hydrogen-bond acceptors (Lipinski definition) is 5. The van der Waals surface area contributed by atoms with Gasteiger partial charge in [0.25, 0.3) is 0 Å². The van der Waals surface area contributed by atoms with Crippen LogP contribution in [0.2, 0.25) is 5.02 Å². The molecule has 22 heavy (non-hydrogen) atoms. The van der Waals surface area contributed by atoms with Crippen molar-refractivity contribution in [3.05, 3.63) is 22.7 Å². The topological polar surface area (TPSA) is 64.1 Å². The van der Waals surface area contributed by atoms with Crippen LogP contribution in [0.15, 0.2) is 17.2 Å². The number of benzene rings is 1. The Hall–Kier alpha value is -1.57. The van der Waals surface area contributed by atoms with Crippen molar-refractivity contribution in [2.24, 2.45) is 5.10 Å². The molecule has 0 spiro atoms. The summed E-state index contributed by atoms with van der Waals surface area (Å²) in [7, 11) is 1.64. The molecule has 1 aromatic rings. The number of nitrogens with one attached hydrogen (secondary N) is 2. The molecule has 8 heteroatoms. The van der Waals surface area contributed by atoms with Gasteiger partial charge >= 0.3 is 0 Å². The molecule has 0 amide bonds. The minimum absolute atomic E-state index is 0.101. The van der Waals surface area contributed by atoms with Gasteiger partial charge in [0.2, 0.25) is 0 Å². The molecule has 1 aliphatic heterocycles. The monoisotopic (exact) mass is 343 g/mol. The number of halogens is 1. The molecule has 0 radical (unpaired) electrons. The summed E-state index contributed by atoms with van der Waals surface area (Å²) in [6.07, 6.45) is 1.61. The summed E-state index contributed by atoms with van der Waals surface area (Å²) in [6.45, 7) is 3.53. The Bertz CT molecular complexity index is 569. The van der Waals surface area contributed by atoms with Crippen LogP contribution in [0.4, 0.5) is 0 Å². The zero-order chi connectivity index (χ0) is 15.9. The van der Waals surface area contributed by atoms with Crippen molar-refractivity contribution >= 4 is 35.1 Å². The fourth-order valence-electron chi connectivity index (χ4n) is 1.92. The Labute approximate surface area is 139 Å². The first-order chi connectivity index (χ1) is 10.6. The van der Waals surface area contributed by atoms with Crippen molar-refractivity contribution in [2.45, 2.75) is 13.0 Å². The molecule has 2 N–H and O–H groups in total. The number of nitrogens with zero attached hydrogens (tertiary/aromatic N) is 1. The van der Waals surface area contributed by atoms with Gasteiger partial charge in [-0.3, -0.25) is 5.43 Å². The summed E-state index contributed by atoms with van der Waals surface area (Å²) >= 11 is 11.3. The maximum atomic E-state index is 6.15. The van der Waals surface area contributed by atoms with E-state index >= 15 is 0 Å². The Balaban J connectivity index is 1.93. The molecule has 6 nitrogen and oxygen atoms in total. The summed E-state index contributed by atoms with van der Waals surface area (Å²) < 4.78 is 16.0. The van der Waals surface area contributed by atoms with Gasteiger partial charge in [0.15, 0.2) is 16.6 Å². The Morgan fingerprint density at radius 3 is 3.05 bits per heavy atom. The third-order valence-corrected chi connectivity index (χ3v) is 3.28. The van der Waals surface area contributed by atoms with Crippen LogP contribution in [0.5, 0.6) is 11.5 Å². The van der Waals surface area contributed by atoms with Crippen molar-refractivity contribution < 1.29 is 14.2 Å². The molecule has 1 aliphatic rings. The van der Waals surface area contributed by atoms with Gasteiger partial charge in [0, 0.05) is 13.2 Å². The van der Waals surface area contributed by atoms with Crippen LogP contribution in [0.25, 0.3) is 0 Å². The maximum absolute atomic E-state index is 6.15. The van der Waals surface area contributed by atoms with Crippen LogP contribution in [0.3, 0.4) is 0 Å². The van der Waals surface area contributed by atoms with Crippen LogP contribution >= 0.6 is 23.8 Å². The lowest BCUT2D eigenvalue weighted by atomic mass is 10.2. The predicted octanol–water partition coefficient (Wildman–Crippen LogP) is 1.94. The molecule has 0 saturated carbocycles. The minimum atomic E-state index is 0.101. The van der Waals surface area contributed by atoms with E-state index in [1.807, 2.05) is 13.0 Å². The Morgan fingerprint density at radius 2 is 2.27 bits per heavy atom. The van der Waals surface area contributed by atoms with E-state index in [1.165, 1.54) is 0 Å². The first-order valence-electron chi connectivity index (χ1n) is 6.78. The average Bonchev–Trinajstić information content (AvgIpc) is 2.47. The number of hydrogen-bond donors (Lipinski definition) is 2. The highest BCUT2D eigenvalue weighted by atomic mass is 35.5. The SMILES string of the molecule is COC[C@@H](C)NC(=S)N/N=C\c1cc(Cl)c2c(c1)OCCO2. The van der Waals surface area contributed by atoms with Gasteiger partial charge in [-0.2, -0.15) is 5.10 Å². The number of fused-ring (bicyclic) bond motifs is 1. The third kappa shape index (κ3) is 4.72. The molecular weight excluding hydrogens is 326 g/mol. The van der Waals surface area contributed by atoms with Crippen molar-refractivity contribution in [3.63, 3.8) is 0 Å². The maximum Gasteiger partial charge on any atom is 0.187 e. The number of ether oxygens (including phenoxy) is 3. The van der Waals surface area contributed by atoms with Crippen LogP contribution in [0, 0.1) is 0 Å². The van der Waals surface area contributed by atoms with Crippen LogP contribution in [-0.2, 0) is 4.74 Å². The van der Waals surface area contributed by atoms with Crippen LogP contribution < -0.4 is 20.2 Å². The molecule has 0 bridgehead atoms. The van der Waals surface area contributed by atoms with Crippen LogP contribution in [0.1, 0.15) is 12.5 Å². The molecule has 0 unspecified atom stereocenters. The molecule has 0 aliphatic carbocycles. The Morgan fingerprint density at radius 1 is 1.50 bits per heavy atom. The normalized spacial score (nSPS) is 14.7. The van der Waals surface area contributed by atoms with Crippen LogP contribution in [-0.4, -0.2) is 44.3 Å². The van der Waals surface area contributed by atoms with E-state index in [-0.39, 0.29) is 6.04 Å². The zero-order valence-corrected chi connectivity index (χ0v) is 14.0. The van der Waals surface area contributed by atoms with E-state index in [9.17, 15) is 0 Å². The molecule has 0 fully saturated rings. The molecule has 1 atom stereocenters. The van der Waals surface area contributed by atoms with E-state index in [0.717, 1.165) is 5.56 Å². The highest BCUT2D eigenvalue weighted by Crippen LogP contribution is 2.37. The standard InChI is InChI=1S/C14H18ClN3O3S/c1-9(8-19-2)17-14(22)18-16-7-10-5-11(15)13-12(6-10)20-3-4-21-13/h5-7,9H,3-4,8H2,1-2H3,(H2,17,18,22)/b16-7-/t9-/m1/s1. The lowest BCUT2D eigenvalue weighted by Gasteiger charge is -2.19. The van der Waals surface area contributed by atoms with Gasteiger partial charge in [-0.25, -0.2) is 0 Å². The van der Waals surface area contributed by atoms with Gasteiger partial charge < -0.3 is 19.5 Å². The zero-order valence-electron chi connectivity index (χ0n) is 12.4. The third-order valence-electron chi connectivity index (χ3n) is 2.79. The molecule has 2 rings (SSSR count). The predicted molar refractivity (Wildman–Crippen MR) is 90.2 cm³/mol. The highest BCUT2D eigenvalue weighted by molar-refractivity contribution is 7.80. The molecular formula is C14H18ClN3O3S. The second-order valence-corrected chi connectivity index (χ2v) is 5.54. The molecule has 1 aromatic carbocycles. The molecule has 120 valence electrons. The van der Waals surface area contributed by atoms with Gasteiger partial charge in [-0.1, -0.05) is 11.6 Å². The van der Waals surface area contributed by atoms with Crippen molar-refractivity contribution in [2.75, 3.05) is 26.9 Å². The van der Waals surface area contributed by atoms with Gasteiger partial charge in [-0.05, 0) is 36.8 Å². The number of methoxy groups -OCH3 is 1. The molecule has 0 aromatic heterocycles. The average molecular weight is 344 g/mol. The second-order valence-electron chi connectivity index (χ2n) is 4.73. The summed E-state index contributed by atoms with van der Waals surface area (Å²) in [5, 5.41) is 8.02. The first kappa shape index (κ1) is 16.8. The van der Waals surface area contributed by atoms with Crippen molar-refractivity contribution in [3.8, 4) is 11.5 Å². The summed E-state index contributed by atoms with van der Waals surface area (Å²) in [4.78, 5) is 0. The van der Waals surface area contributed by atoms with Crippen molar-refractivity contribution in [1.82, 2.24) is 10.7 Å². The summed E-state index contributed by atoms with van der Waals surface area (Å²) in [5.41, 5.74) is 3.53. The minimum Gasteiger partial charge on any atom is -0.486 e. The van der Waals surface area contributed by atoms with Gasteiger partial charge in [0.05, 0.1) is 17.8 Å². The van der Waals surface area contributed by atoms with E-state index in [2.05, 4.69) is 15.8 Å². The smallest absolute Gasteiger partial charge is 0.187 e. The lowest BCUT2D eigenvalue weighted by Crippen LogP contribution is -2.40. The fourth-order valence-corrected chi connectivity index (χ4v) is 2.45. The van der Waals surface area contributed by atoms with E-state index in [4.69, 9.17) is 38.0 Å². The first-order valence-corrected chi connectivity index (χ1v) is 7.56. The molecule has 0 saturated heterocycles. The summed E-state index contributed by atoms with van der Waals surface area (Å²) in [6, 6.07) is 3.67. The van der Waals surface area contributed by atoms with Gasteiger partial charge in [0.1, 0.15) is 13.2 Å². The number of hydrazone groups is 1. The van der Waals surface area contributed by atoms with E-state index < -0.39 is 0 Å². The van der Waals surface area contributed by atoms with Gasteiger partial charge in [-0.15, -0.1) is 0 Å².